The van der Waals surface area contributed by atoms with Gasteiger partial charge in [0.1, 0.15) is 6.10 Å². The smallest absolute Gasteiger partial charge is 0.312 e. The highest BCUT2D eigenvalue weighted by atomic mass is 16.5. The van der Waals surface area contributed by atoms with Gasteiger partial charge in [-0.1, -0.05) is 37.3 Å². The van der Waals surface area contributed by atoms with E-state index in [0.717, 1.165) is 45.2 Å². The zero-order valence-corrected chi connectivity index (χ0v) is 18.3. The molecule has 0 aromatic heterocycles. The van der Waals surface area contributed by atoms with E-state index in [2.05, 4.69) is 42.2 Å². The number of benzene rings is 1. The van der Waals surface area contributed by atoms with E-state index in [1.807, 2.05) is 0 Å². The van der Waals surface area contributed by atoms with Crippen LogP contribution < -0.4 is 5.73 Å². The summed E-state index contributed by atoms with van der Waals surface area (Å²) in [5, 5.41) is 0. The van der Waals surface area contributed by atoms with Crippen LogP contribution in [0.2, 0.25) is 0 Å². The lowest BCUT2D eigenvalue weighted by molar-refractivity contribution is -0.189. The Morgan fingerprint density at radius 1 is 1.07 bits per heavy atom. The highest BCUT2D eigenvalue weighted by Gasteiger charge is 2.65. The van der Waals surface area contributed by atoms with Gasteiger partial charge in [-0.25, -0.2) is 0 Å². The Morgan fingerprint density at radius 3 is 2.70 bits per heavy atom. The van der Waals surface area contributed by atoms with E-state index in [1.54, 1.807) is 0 Å². The lowest BCUT2D eigenvalue weighted by Gasteiger charge is -2.65. The van der Waals surface area contributed by atoms with E-state index in [4.69, 9.17) is 10.5 Å². The number of ether oxygens (including phenoxy) is 1. The molecule has 1 aromatic rings. The topological polar surface area (TPSA) is 55.6 Å². The minimum absolute atomic E-state index is 0.0127. The summed E-state index contributed by atoms with van der Waals surface area (Å²) in [6.45, 7) is 4.57. The molecule has 7 atom stereocenters. The van der Waals surface area contributed by atoms with E-state index in [9.17, 15) is 4.79 Å². The highest BCUT2D eigenvalue weighted by molar-refractivity contribution is 5.78. The summed E-state index contributed by atoms with van der Waals surface area (Å²) in [6.07, 6.45) is 9.92. The summed E-state index contributed by atoms with van der Waals surface area (Å²) in [6, 6.07) is 11.4. The van der Waals surface area contributed by atoms with Crippen molar-refractivity contribution >= 4 is 5.97 Å². The predicted octanol–water partition coefficient (Wildman–Crippen LogP) is 4.02. The first-order valence-corrected chi connectivity index (χ1v) is 12.2. The monoisotopic (exact) mass is 408 g/mol. The number of rotatable bonds is 3. The van der Waals surface area contributed by atoms with Gasteiger partial charge in [-0.3, -0.25) is 9.69 Å². The van der Waals surface area contributed by atoms with Crippen LogP contribution in [-0.4, -0.2) is 42.1 Å². The molecule has 4 saturated carbocycles. The van der Waals surface area contributed by atoms with Gasteiger partial charge in [0.15, 0.2) is 0 Å². The number of piperidine rings is 1. The molecule has 0 spiro atoms. The van der Waals surface area contributed by atoms with E-state index in [-0.39, 0.29) is 40.4 Å². The van der Waals surface area contributed by atoms with Crippen LogP contribution in [0, 0.1) is 16.7 Å². The molecule has 4 heteroatoms. The molecule has 30 heavy (non-hydrogen) atoms. The van der Waals surface area contributed by atoms with E-state index >= 15 is 0 Å². The molecule has 7 unspecified atom stereocenters. The molecule has 2 heterocycles. The number of esters is 1. The normalized spacial score (nSPS) is 47.3. The maximum absolute atomic E-state index is 13.9. The summed E-state index contributed by atoms with van der Waals surface area (Å²) in [5.41, 5.74) is 8.04. The minimum atomic E-state index is -0.295. The van der Waals surface area contributed by atoms with Gasteiger partial charge in [-0.05, 0) is 86.6 Å². The van der Waals surface area contributed by atoms with Gasteiger partial charge in [-0.2, -0.15) is 0 Å². The molecule has 4 nitrogen and oxygen atoms in total. The van der Waals surface area contributed by atoms with Crippen molar-refractivity contribution < 1.29 is 9.53 Å². The van der Waals surface area contributed by atoms with Gasteiger partial charge >= 0.3 is 5.97 Å². The standard InChI is InChI=1S/C26H36N2O2/c1-24-12-18-13-25(15-24,19-6-3-2-4-7-19)17-26(14-18,16-24)23(29)30-21-9-11-28-10-5-8-20(27)22(21)28/h2-4,6-7,18,20-22H,5,8-17,27H2,1H3. The summed E-state index contributed by atoms with van der Waals surface area (Å²) in [4.78, 5) is 16.3. The first kappa shape index (κ1) is 19.3. The number of nitrogens with two attached hydrogens (primary N) is 1. The van der Waals surface area contributed by atoms with E-state index in [1.165, 1.54) is 31.2 Å². The van der Waals surface area contributed by atoms with Crippen molar-refractivity contribution in [3.8, 4) is 0 Å². The quantitative estimate of drug-likeness (QED) is 0.768. The molecular weight excluding hydrogens is 372 g/mol. The van der Waals surface area contributed by atoms with Crippen molar-refractivity contribution in [2.75, 3.05) is 13.1 Å². The average Bonchev–Trinajstić information content (AvgIpc) is 3.11. The molecule has 2 N–H and O–H groups in total. The largest absolute Gasteiger partial charge is 0.460 e. The second-order valence-electron chi connectivity index (χ2n) is 11.8. The molecule has 0 radical (unpaired) electrons. The third-order valence-corrected chi connectivity index (χ3v) is 9.35. The van der Waals surface area contributed by atoms with Crippen LogP contribution >= 0.6 is 0 Å². The Labute approximate surface area is 180 Å². The van der Waals surface area contributed by atoms with Crippen molar-refractivity contribution in [3.05, 3.63) is 35.9 Å². The van der Waals surface area contributed by atoms with Crippen molar-refractivity contribution in [1.29, 1.82) is 0 Å². The van der Waals surface area contributed by atoms with E-state index in [0.29, 0.717) is 5.92 Å². The maximum atomic E-state index is 13.9. The number of nitrogens with zero attached hydrogens (tertiary/aromatic N) is 1. The van der Waals surface area contributed by atoms with Crippen LogP contribution in [0.5, 0.6) is 0 Å². The number of fused-ring (bicyclic) bond motifs is 1. The third-order valence-electron chi connectivity index (χ3n) is 9.35. The van der Waals surface area contributed by atoms with Crippen molar-refractivity contribution in [2.45, 2.75) is 88.3 Å². The molecule has 4 aliphatic carbocycles. The Kier molecular flexibility index (Phi) is 4.22. The summed E-state index contributed by atoms with van der Waals surface area (Å²) in [7, 11) is 0. The molecule has 0 amide bonds. The number of carbonyl (C=O) groups excluding carboxylic acids is 1. The molecule has 1 aromatic carbocycles. The molecule has 6 aliphatic rings. The molecule has 4 bridgehead atoms. The highest BCUT2D eigenvalue weighted by Crippen LogP contribution is 2.70. The SMILES string of the molecule is CC12CC3CC(C(=O)OC4CCN5CCCC(N)C45)(C1)CC(c1ccccc1)(C3)C2. The molecule has 6 fully saturated rings. The van der Waals surface area contributed by atoms with Crippen LogP contribution in [0.3, 0.4) is 0 Å². The minimum Gasteiger partial charge on any atom is -0.460 e. The fraction of sp³-hybridized carbons (Fsp3) is 0.731. The van der Waals surface area contributed by atoms with Crippen LogP contribution in [0.15, 0.2) is 30.3 Å². The van der Waals surface area contributed by atoms with Crippen LogP contribution in [0.4, 0.5) is 0 Å². The lowest BCUT2D eigenvalue weighted by atomic mass is 9.39. The summed E-state index contributed by atoms with van der Waals surface area (Å²) >= 11 is 0. The second-order valence-corrected chi connectivity index (χ2v) is 11.8. The lowest BCUT2D eigenvalue weighted by Crippen LogP contribution is -2.61. The number of carbonyl (C=O) groups is 1. The Bertz CT molecular complexity index is 843. The number of hydrogen-bond donors (Lipinski definition) is 1. The van der Waals surface area contributed by atoms with Crippen molar-refractivity contribution in [2.24, 2.45) is 22.5 Å². The molecule has 2 aliphatic heterocycles. The van der Waals surface area contributed by atoms with Gasteiger partial charge in [0.05, 0.1) is 11.5 Å². The van der Waals surface area contributed by atoms with Gasteiger partial charge < -0.3 is 10.5 Å². The van der Waals surface area contributed by atoms with Crippen LogP contribution in [-0.2, 0) is 14.9 Å². The van der Waals surface area contributed by atoms with E-state index < -0.39 is 0 Å². The number of hydrogen-bond acceptors (Lipinski definition) is 4. The van der Waals surface area contributed by atoms with Crippen molar-refractivity contribution in [3.63, 3.8) is 0 Å². The summed E-state index contributed by atoms with van der Waals surface area (Å²) < 4.78 is 6.40. The molecule has 7 rings (SSSR count). The maximum Gasteiger partial charge on any atom is 0.312 e. The second kappa shape index (κ2) is 6.56. The zero-order chi connectivity index (χ0) is 20.6. The Morgan fingerprint density at radius 2 is 1.90 bits per heavy atom. The van der Waals surface area contributed by atoms with Gasteiger partial charge in [-0.15, -0.1) is 0 Å². The van der Waals surface area contributed by atoms with Gasteiger partial charge in [0.2, 0.25) is 0 Å². The fourth-order valence-electron chi connectivity index (χ4n) is 9.01. The average molecular weight is 409 g/mol. The van der Waals surface area contributed by atoms with Gasteiger partial charge in [0.25, 0.3) is 0 Å². The Balaban J connectivity index is 1.29. The molecule has 2 saturated heterocycles. The van der Waals surface area contributed by atoms with Crippen molar-refractivity contribution in [1.82, 2.24) is 4.90 Å². The summed E-state index contributed by atoms with van der Waals surface area (Å²) in [5.74, 6) is 0.749. The third kappa shape index (κ3) is 2.82. The zero-order valence-electron chi connectivity index (χ0n) is 18.3. The first-order valence-electron chi connectivity index (χ1n) is 12.2. The predicted molar refractivity (Wildman–Crippen MR) is 117 cm³/mol. The van der Waals surface area contributed by atoms with Gasteiger partial charge in [0, 0.05) is 12.6 Å². The molecule has 162 valence electrons. The van der Waals surface area contributed by atoms with Crippen LogP contribution in [0.1, 0.15) is 70.3 Å². The molecular formula is C26H36N2O2. The first-order chi connectivity index (χ1) is 14.4. The fourth-order valence-corrected chi connectivity index (χ4v) is 9.01. The van der Waals surface area contributed by atoms with Crippen LogP contribution in [0.25, 0.3) is 0 Å². The Hall–Kier alpha value is -1.39.